The largest absolute Gasteiger partial charge is 0.346 e. The fraction of sp³-hybridized carbons (Fsp3) is 0. The maximum atomic E-state index is 5.85. The summed E-state index contributed by atoms with van der Waals surface area (Å²) in [5.74, 6) is 0. The second kappa shape index (κ2) is 4.11. The Hall–Kier alpha value is -2.00. The number of nitrogens with zero attached hydrogens (tertiary/aromatic N) is 2. The highest BCUT2D eigenvalue weighted by atomic mass is 35.5. The fourth-order valence-corrected chi connectivity index (χ4v) is 1.92. The third kappa shape index (κ3) is 1.97. The standard InChI is InChI=1S/C13H10ClN3/c14-13-7-6-12(16-13)10-2-4-11(5-3-10)17-9-1-8-15-17/h1-9,16H. The van der Waals surface area contributed by atoms with Crippen LogP contribution in [-0.4, -0.2) is 14.8 Å². The smallest absolute Gasteiger partial charge is 0.106 e. The van der Waals surface area contributed by atoms with Gasteiger partial charge in [-0.05, 0) is 35.9 Å². The summed E-state index contributed by atoms with van der Waals surface area (Å²) in [7, 11) is 0. The van der Waals surface area contributed by atoms with E-state index in [4.69, 9.17) is 11.6 Å². The normalized spacial score (nSPS) is 10.6. The molecule has 0 bridgehead atoms. The predicted octanol–water partition coefficient (Wildman–Crippen LogP) is 3.52. The van der Waals surface area contributed by atoms with Gasteiger partial charge in [-0.15, -0.1) is 0 Å². The van der Waals surface area contributed by atoms with Gasteiger partial charge in [0.2, 0.25) is 0 Å². The molecule has 4 heteroatoms. The van der Waals surface area contributed by atoms with Crippen molar-refractivity contribution in [1.82, 2.24) is 14.8 Å². The van der Waals surface area contributed by atoms with E-state index in [1.165, 1.54) is 0 Å². The topological polar surface area (TPSA) is 33.6 Å². The molecule has 1 aromatic carbocycles. The van der Waals surface area contributed by atoms with Crippen molar-refractivity contribution < 1.29 is 0 Å². The molecule has 0 amide bonds. The Morgan fingerprint density at radius 2 is 1.88 bits per heavy atom. The van der Waals surface area contributed by atoms with Crippen molar-refractivity contribution in [2.75, 3.05) is 0 Å². The van der Waals surface area contributed by atoms with Crippen LogP contribution < -0.4 is 0 Å². The van der Waals surface area contributed by atoms with Gasteiger partial charge in [-0.25, -0.2) is 4.68 Å². The molecule has 3 nitrogen and oxygen atoms in total. The third-order valence-electron chi connectivity index (χ3n) is 2.60. The van der Waals surface area contributed by atoms with Crippen molar-refractivity contribution in [1.29, 1.82) is 0 Å². The lowest BCUT2D eigenvalue weighted by Gasteiger charge is -2.02. The maximum absolute atomic E-state index is 5.85. The maximum Gasteiger partial charge on any atom is 0.106 e. The number of benzene rings is 1. The molecule has 2 heterocycles. The summed E-state index contributed by atoms with van der Waals surface area (Å²) in [6.07, 6.45) is 3.68. The minimum absolute atomic E-state index is 0.649. The van der Waals surface area contributed by atoms with Gasteiger partial charge in [0.15, 0.2) is 0 Å². The highest BCUT2D eigenvalue weighted by Gasteiger charge is 2.01. The first-order chi connectivity index (χ1) is 8.33. The van der Waals surface area contributed by atoms with Crippen LogP contribution in [0.2, 0.25) is 5.15 Å². The number of hydrogen-bond acceptors (Lipinski definition) is 1. The molecule has 0 saturated carbocycles. The van der Waals surface area contributed by atoms with Gasteiger partial charge in [-0.2, -0.15) is 5.10 Å². The molecule has 3 aromatic rings. The van der Waals surface area contributed by atoms with E-state index in [-0.39, 0.29) is 0 Å². The number of halogens is 1. The van der Waals surface area contributed by atoms with Gasteiger partial charge in [0.05, 0.1) is 5.69 Å². The lowest BCUT2D eigenvalue weighted by molar-refractivity contribution is 0.881. The first-order valence-corrected chi connectivity index (χ1v) is 5.66. The average molecular weight is 244 g/mol. The van der Waals surface area contributed by atoms with E-state index in [0.717, 1.165) is 16.9 Å². The zero-order valence-electron chi connectivity index (χ0n) is 8.97. The Kier molecular flexibility index (Phi) is 2.46. The lowest BCUT2D eigenvalue weighted by atomic mass is 10.1. The van der Waals surface area contributed by atoms with Crippen molar-refractivity contribution in [2.24, 2.45) is 0 Å². The van der Waals surface area contributed by atoms with Gasteiger partial charge in [-0.3, -0.25) is 0 Å². The van der Waals surface area contributed by atoms with Gasteiger partial charge >= 0.3 is 0 Å². The van der Waals surface area contributed by atoms with Gasteiger partial charge in [0.25, 0.3) is 0 Å². The lowest BCUT2D eigenvalue weighted by Crippen LogP contribution is -1.93. The van der Waals surface area contributed by atoms with Gasteiger partial charge in [0.1, 0.15) is 5.15 Å². The molecule has 0 fully saturated rings. The van der Waals surface area contributed by atoms with Crippen molar-refractivity contribution in [3.05, 3.63) is 60.0 Å². The van der Waals surface area contributed by atoms with Gasteiger partial charge < -0.3 is 4.98 Å². The van der Waals surface area contributed by atoms with E-state index in [1.54, 1.807) is 6.20 Å². The van der Waals surface area contributed by atoms with E-state index >= 15 is 0 Å². The Bertz CT molecular complexity index is 608. The quantitative estimate of drug-likeness (QED) is 0.734. The van der Waals surface area contributed by atoms with Crippen molar-refractivity contribution in [3.8, 4) is 16.9 Å². The van der Waals surface area contributed by atoms with Crippen LogP contribution in [0.1, 0.15) is 0 Å². The van der Waals surface area contributed by atoms with Crippen LogP contribution in [0.15, 0.2) is 54.9 Å². The Balaban J connectivity index is 1.95. The molecule has 0 spiro atoms. The number of rotatable bonds is 2. The van der Waals surface area contributed by atoms with Crippen molar-refractivity contribution in [2.45, 2.75) is 0 Å². The first-order valence-electron chi connectivity index (χ1n) is 5.28. The second-order valence-electron chi connectivity index (χ2n) is 3.72. The third-order valence-corrected chi connectivity index (χ3v) is 2.82. The van der Waals surface area contributed by atoms with E-state index in [0.29, 0.717) is 5.15 Å². The summed E-state index contributed by atoms with van der Waals surface area (Å²) < 4.78 is 1.82. The Labute approximate surface area is 104 Å². The number of aromatic nitrogens is 3. The number of hydrogen-bond donors (Lipinski definition) is 1. The molecule has 1 N–H and O–H groups in total. The molecular weight excluding hydrogens is 234 g/mol. The molecule has 84 valence electrons. The molecule has 0 radical (unpaired) electrons. The minimum Gasteiger partial charge on any atom is -0.346 e. The monoisotopic (exact) mass is 243 g/mol. The zero-order chi connectivity index (χ0) is 11.7. The van der Waals surface area contributed by atoms with Crippen molar-refractivity contribution >= 4 is 11.6 Å². The number of H-pyrrole nitrogens is 1. The Morgan fingerprint density at radius 3 is 2.47 bits per heavy atom. The minimum atomic E-state index is 0.649. The zero-order valence-corrected chi connectivity index (χ0v) is 9.72. The van der Waals surface area contributed by atoms with Gasteiger partial charge in [-0.1, -0.05) is 23.7 Å². The molecule has 0 aliphatic carbocycles. The molecule has 3 rings (SSSR count). The van der Waals surface area contributed by atoms with Crippen LogP contribution in [0, 0.1) is 0 Å². The van der Waals surface area contributed by atoms with Crippen LogP contribution in [0.5, 0.6) is 0 Å². The summed E-state index contributed by atoms with van der Waals surface area (Å²) in [6.45, 7) is 0. The molecular formula is C13H10ClN3. The molecule has 17 heavy (non-hydrogen) atoms. The van der Waals surface area contributed by atoms with E-state index < -0.39 is 0 Å². The molecule has 0 saturated heterocycles. The Morgan fingerprint density at radius 1 is 1.06 bits per heavy atom. The summed E-state index contributed by atoms with van der Waals surface area (Å²) >= 11 is 5.85. The van der Waals surface area contributed by atoms with E-state index in [2.05, 4.69) is 10.1 Å². The van der Waals surface area contributed by atoms with Crippen LogP contribution in [0.4, 0.5) is 0 Å². The van der Waals surface area contributed by atoms with E-state index in [9.17, 15) is 0 Å². The fourth-order valence-electron chi connectivity index (χ4n) is 1.75. The number of aromatic amines is 1. The summed E-state index contributed by atoms with van der Waals surface area (Å²) in [4.78, 5) is 3.09. The van der Waals surface area contributed by atoms with E-state index in [1.807, 2.05) is 53.3 Å². The van der Waals surface area contributed by atoms with Crippen LogP contribution in [-0.2, 0) is 0 Å². The summed E-state index contributed by atoms with van der Waals surface area (Å²) in [5, 5.41) is 4.83. The SMILES string of the molecule is Clc1ccc(-c2ccc(-n3cccn3)cc2)[nH]1. The highest BCUT2D eigenvalue weighted by Crippen LogP contribution is 2.21. The van der Waals surface area contributed by atoms with Crippen LogP contribution >= 0.6 is 11.6 Å². The molecule has 0 aliphatic heterocycles. The van der Waals surface area contributed by atoms with Gasteiger partial charge in [0, 0.05) is 18.1 Å². The summed E-state index contributed by atoms with van der Waals surface area (Å²) in [5.41, 5.74) is 3.16. The highest BCUT2D eigenvalue weighted by molar-refractivity contribution is 6.29. The van der Waals surface area contributed by atoms with Crippen LogP contribution in [0.25, 0.3) is 16.9 Å². The first kappa shape index (κ1) is 10.2. The number of nitrogens with one attached hydrogen (secondary N) is 1. The molecule has 0 aliphatic rings. The summed E-state index contributed by atoms with van der Waals surface area (Å²) in [6, 6.07) is 13.8. The van der Waals surface area contributed by atoms with Crippen LogP contribution in [0.3, 0.4) is 0 Å². The second-order valence-corrected chi connectivity index (χ2v) is 4.12. The predicted molar refractivity (Wildman–Crippen MR) is 68.4 cm³/mol. The molecule has 0 unspecified atom stereocenters. The molecule has 2 aromatic heterocycles. The molecule has 0 atom stereocenters. The van der Waals surface area contributed by atoms with Crippen molar-refractivity contribution in [3.63, 3.8) is 0 Å². The average Bonchev–Trinajstić information content (AvgIpc) is 3.00.